The van der Waals surface area contributed by atoms with Crippen molar-refractivity contribution in [2.75, 3.05) is 12.3 Å². The standard InChI is InChI=1S/C17H15F4NO2S/c18-13-6-5-12(9-14(13)19)25-10-16(23)22-8-7-11-3-1-2-4-15(11)24-17(20)21/h1-6,9,17H,7-8,10H2,(H,22,23). The molecule has 1 amide bonds. The molecule has 0 aliphatic heterocycles. The van der Waals surface area contributed by atoms with Crippen molar-refractivity contribution in [1.82, 2.24) is 5.32 Å². The van der Waals surface area contributed by atoms with Crippen molar-refractivity contribution in [1.29, 1.82) is 0 Å². The van der Waals surface area contributed by atoms with E-state index >= 15 is 0 Å². The smallest absolute Gasteiger partial charge is 0.387 e. The lowest BCUT2D eigenvalue weighted by atomic mass is 10.1. The van der Waals surface area contributed by atoms with Gasteiger partial charge in [-0.15, -0.1) is 11.8 Å². The van der Waals surface area contributed by atoms with Crippen molar-refractivity contribution in [3.63, 3.8) is 0 Å². The third kappa shape index (κ3) is 6.30. The van der Waals surface area contributed by atoms with E-state index in [0.717, 1.165) is 23.9 Å². The number of rotatable bonds is 8. The molecular weight excluding hydrogens is 358 g/mol. The van der Waals surface area contributed by atoms with Gasteiger partial charge in [0.15, 0.2) is 11.6 Å². The molecule has 0 unspecified atom stereocenters. The molecule has 0 aliphatic rings. The number of hydrogen-bond donors (Lipinski definition) is 1. The van der Waals surface area contributed by atoms with E-state index in [2.05, 4.69) is 10.1 Å². The summed E-state index contributed by atoms with van der Waals surface area (Å²) in [5, 5.41) is 2.64. The second-order valence-corrected chi connectivity index (χ2v) is 6.00. The highest BCUT2D eigenvalue weighted by molar-refractivity contribution is 8.00. The Morgan fingerprint density at radius 1 is 1.12 bits per heavy atom. The fourth-order valence-corrected chi connectivity index (χ4v) is 2.78. The zero-order chi connectivity index (χ0) is 18.2. The molecule has 0 atom stereocenters. The SMILES string of the molecule is O=C(CSc1ccc(F)c(F)c1)NCCc1ccccc1OC(F)F. The summed E-state index contributed by atoms with van der Waals surface area (Å²) in [5.41, 5.74) is 0.552. The van der Waals surface area contributed by atoms with Gasteiger partial charge in [0.05, 0.1) is 5.75 Å². The summed E-state index contributed by atoms with van der Waals surface area (Å²) in [5.74, 6) is -2.12. The molecule has 0 heterocycles. The Balaban J connectivity index is 1.78. The van der Waals surface area contributed by atoms with Crippen LogP contribution < -0.4 is 10.1 Å². The van der Waals surface area contributed by atoms with Crippen molar-refractivity contribution in [3.05, 3.63) is 59.7 Å². The number of halogens is 4. The Hall–Kier alpha value is -2.22. The van der Waals surface area contributed by atoms with Gasteiger partial charge in [-0.3, -0.25) is 4.79 Å². The number of ether oxygens (including phenoxy) is 1. The number of alkyl halides is 2. The van der Waals surface area contributed by atoms with Crippen LogP contribution in [0.1, 0.15) is 5.56 Å². The minimum atomic E-state index is -2.91. The highest BCUT2D eigenvalue weighted by Crippen LogP contribution is 2.21. The first-order chi connectivity index (χ1) is 12.0. The molecule has 8 heteroatoms. The minimum Gasteiger partial charge on any atom is -0.435 e. The normalized spacial score (nSPS) is 10.8. The van der Waals surface area contributed by atoms with Gasteiger partial charge in [-0.1, -0.05) is 18.2 Å². The molecule has 2 aromatic rings. The average Bonchev–Trinajstić information content (AvgIpc) is 2.57. The molecule has 0 saturated carbocycles. The van der Waals surface area contributed by atoms with E-state index in [1.54, 1.807) is 18.2 Å². The van der Waals surface area contributed by atoms with Gasteiger partial charge >= 0.3 is 6.61 Å². The molecule has 0 bridgehead atoms. The number of nitrogens with one attached hydrogen (secondary N) is 1. The first kappa shape index (κ1) is 19.1. The van der Waals surface area contributed by atoms with Crippen molar-refractivity contribution < 1.29 is 27.1 Å². The Kier molecular flexibility index (Phi) is 7.12. The average molecular weight is 373 g/mol. The number of thioether (sulfide) groups is 1. The molecule has 0 saturated heterocycles. The Morgan fingerprint density at radius 3 is 2.60 bits per heavy atom. The third-order valence-corrected chi connectivity index (χ3v) is 4.16. The monoisotopic (exact) mass is 373 g/mol. The lowest BCUT2D eigenvalue weighted by Crippen LogP contribution is -2.27. The topological polar surface area (TPSA) is 38.3 Å². The second-order valence-electron chi connectivity index (χ2n) is 4.95. The van der Waals surface area contributed by atoms with E-state index in [9.17, 15) is 22.4 Å². The first-order valence-corrected chi connectivity index (χ1v) is 8.31. The third-order valence-electron chi connectivity index (χ3n) is 3.17. The van der Waals surface area contributed by atoms with Crippen molar-refractivity contribution in [2.45, 2.75) is 17.9 Å². The van der Waals surface area contributed by atoms with Gasteiger partial charge in [0.25, 0.3) is 0 Å². The predicted octanol–water partition coefficient (Wildman–Crippen LogP) is 4.02. The first-order valence-electron chi connectivity index (χ1n) is 7.33. The number of amides is 1. The summed E-state index contributed by atoms with van der Waals surface area (Å²) < 4.78 is 54.9. The fraction of sp³-hybridized carbons (Fsp3) is 0.235. The molecule has 2 rings (SSSR count). The van der Waals surface area contributed by atoms with Gasteiger partial charge < -0.3 is 10.1 Å². The summed E-state index contributed by atoms with van der Waals surface area (Å²) in [6.45, 7) is -2.68. The van der Waals surface area contributed by atoms with Gasteiger partial charge in [-0.05, 0) is 36.2 Å². The van der Waals surface area contributed by atoms with Crippen molar-refractivity contribution >= 4 is 17.7 Å². The number of carbonyl (C=O) groups excluding carboxylic acids is 1. The van der Waals surface area contributed by atoms with Gasteiger partial charge in [0, 0.05) is 11.4 Å². The summed E-state index contributed by atoms with van der Waals surface area (Å²) in [6.07, 6.45) is 0.324. The van der Waals surface area contributed by atoms with Crippen LogP contribution in [0.4, 0.5) is 17.6 Å². The number of benzene rings is 2. The lowest BCUT2D eigenvalue weighted by Gasteiger charge is -2.11. The van der Waals surface area contributed by atoms with Crippen LogP contribution in [0.5, 0.6) is 5.75 Å². The molecule has 0 radical (unpaired) electrons. The lowest BCUT2D eigenvalue weighted by molar-refractivity contribution is -0.118. The molecule has 25 heavy (non-hydrogen) atoms. The molecule has 1 N–H and O–H groups in total. The van der Waals surface area contributed by atoms with Crippen molar-refractivity contribution in [3.8, 4) is 5.75 Å². The highest BCUT2D eigenvalue weighted by Gasteiger charge is 2.10. The molecule has 2 aromatic carbocycles. The van der Waals surface area contributed by atoms with Crippen LogP contribution in [0.25, 0.3) is 0 Å². The van der Waals surface area contributed by atoms with E-state index in [0.29, 0.717) is 16.9 Å². The van der Waals surface area contributed by atoms with E-state index in [-0.39, 0.29) is 24.0 Å². The van der Waals surface area contributed by atoms with Gasteiger partial charge in [-0.2, -0.15) is 8.78 Å². The maximum absolute atomic E-state index is 13.1. The predicted molar refractivity (Wildman–Crippen MR) is 86.9 cm³/mol. The number of para-hydroxylation sites is 1. The van der Waals surface area contributed by atoms with Gasteiger partial charge in [0.2, 0.25) is 5.91 Å². The Bertz CT molecular complexity index is 728. The van der Waals surface area contributed by atoms with Gasteiger partial charge in [-0.25, -0.2) is 8.78 Å². The van der Waals surface area contributed by atoms with E-state index in [4.69, 9.17) is 0 Å². The maximum Gasteiger partial charge on any atom is 0.387 e. The quantitative estimate of drug-likeness (QED) is 0.561. The number of carbonyl (C=O) groups is 1. The maximum atomic E-state index is 13.1. The van der Waals surface area contributed by atoms with Crippen molar-refractivity contribution in [2.24, 2.45) is 0 Å². The molecular formula is C17H15F4NO2S. The van der Waals surface area contributed by atoms with Crippen LogP contribution in [0, 0.1) is 11.6 Å². The summed E-state index contributed by atoms with van der Waals surface area (Å²) in [7, 11) is 0. The molecule has 0 spiro atoms. The highest BCUT2D eigenvalue weighted by atomic mass is 32.2. The van der Waals surface area contributed by atoms with Crippen LogP contribution in [0.3, 0.4) is 0 Å². The zero-order valence-corrected chi connectivity index (χ0v) is 13.8. The van der Waals surface area contributed by atoms with Crippen LogP contribution >= 0.6 is 11.8 Å². The van der Waals surface area contributed by atoms with E-state index in [1.165, 1.54) is 12.1 Å². The minimum absolute atomic E-state index is 0.0280. The molecule has 134 valence electrons. The zero-order valence-electron chi connectivity index (χ0n) is 13.0. The van der Waals surface area contributed by atoms with Crippen LogP contribution in [0.2, 0.25) is 0 Å². The van der Waals surface area contributed by atoms with Crippen LogP contribution in [-0.4, -0.2) is 24.8 Å². The van der Waals surface area contributed by atoms with E-state index in [1.807, 2.05) is 0 Å². The fourth-order valence-electron chi connectivity index (χ4n) is 2.02. The van der Waals surface area contributed by atoms with Crippen LogP contribution in [0.15, 0.2) is 47.4 Å². The Morgan fingerprint density at radius 2 is 1.88 bits per heavy atom. The Labute approximate surface area is 146 Å². The summed E-state index contributed by atoms with van der Waals surface area (Å²) in [4.78, 5) is 12.2. The molecule has 3 nitrogen and oxygen atoms in total. The van der Waals surface area contributed by atoms with Crippen LogP contribution in [-0.2, 0) is 11.2 Å². The van der Waals surface area contributed by atoms with E-state index < -0.39 is 18.2 Å². The second kappa shape index (κ2) is 9.31. The molecule has 0 fully saturated rings. The van der Waals surface area contributed by atoms with Gasteiger partial charge in [0.1, 0.15) is 5.75 Å². The molecule has 0 aromatic heterocycles. The number of hydrogen-bond acceptors (Lipinski definition) is 3. The largest absolute Gasteiger partial charge is 0.435 e. The summed E-state index contributed by atoms with van der Waals surface area (Å²) >= 11 is 1.07. The summed E-state index contributed by atoms with van der Waals surface area (Å²) in [6, 6.07) is 9.74. The molecule has 0 aliphatic carbocycles.